The minimum absolute atomic E-state index is 0.716. The van der Waals surface area contributed by atoms with E-state index in [1.54, 1.807) is 24.3 Å². The van der Waals surface area contributed by atoms with Gasteiger partial charge < -0.3 is 5.11 Å². The standard InChI is InChI=1S/C15H16O2S/c1-12(6-7-14-8-9-18-11-14)4-3-5-13(2)10-15(16)17/h3-11H,1-2H3,(H,16,17). The Morgan fingerprint density at radius 3 is 2.67 bits per heavy atom. The topological polar surface area (TPSA) is 37.3 Å². The highest BCUT2D eigenvalue weighted by atomic mass is 32.1. The van der Waals surface area contributed by atoms with Gasteiger partial charge in [-0.25, -0.2) is 4.79 Å². The number of aliphatic carboxylic acids is 1. The molecule has 0 aliphatic carbocycles. The third kappa shape index (κ3) is 6.01. The van der Waals surface area contributed by atoms with Crippen molar-refractivity contribution in [3.05, 3.63) is 63.9 Å². The van der Waals surface area contributed by atoms with Crippen molar-refractivity contribution in [3.8, 4) is 0 Å². The molecule has 0 aromatic carbocycles. The second-order valence-corrected chi connectivity index (χ2v) is 4.67. The molecule has 0 atom stereocenters. The van der Waals surface area contributed by atoms with Crippen molar-refractivity contribution in [2.24, 2.45) is 0 Å². The summed E-state index contributed by atoms with van der Waals surface area (Å²) in [5, 5.41) is 12.7. The van der Waals surface area contributed by atoms with Gasteiger partial charge in [-0.15, -0.1) is 0 Å². The first-order valence-corrected chi connectivity index (χ1v) is 6.48. The zero-order valence-electron chi connectivity index (χ0n) is 10.5. The van der Waals surface area contributed by atoms with E-state index in [-0.39, 0.29) is 0 Å². The van der Waals surface area contributed by atoms with Gasteiger partial charge in [0.2, 0.25) is 0 Å². The van der Waals surface area contributed by atoms with E-state index < -0.39 is 5.97 Å². The van der Waals surface area contributed by atoms with Gasteiger partial charge in [-0.05, 0) is 41.8 Å². The van der Waals surface area contributed by atoms with Crippen LogP contribution in [0.25, 0.3) is 6.08 Å². The zero-order chi connectivity index (χ0) is 13.4. The average molecular weight is 260 g/mol. The highest BCUT2D eigenvalue weighted by molar-refractivity contribution is 7.08. The fraction of sp³-hybridized carbons (Fsp3) is 0.133. The predicted octanol–water partition coefficient (Wildman–Crippen LogP) is 4.29. The molecule has 0 amide bonds. The van der Waals surface area contributed by atoms with Crippen molar-refractivity contribution in [2.45, 2.75) is 13.8 Å². The number of rotatable bonds is 5. The van der Waals surface area contributed by atoms with Crippen LogP contribution in [-0.4, -0.2) is 11.1 Å². The maximum absolute atomic E-state index is 10.4. The summed E-state index contributed by atoms with van der Waals surface area (Å²) in [6.45, 7) is 3.76. The Bertz CT molecular complexity index is 503. The molecule has 18 heavy (non-hydrogen) atoms. The number of carboxylic acids is 1. The Morgan fingerprint density at radius 2 is 2.06 bits per heavy atom. The molecule has 1 aromatic heterocycles. The quantitative estimate of drug-likeness (QED) is 0.633. The summed E-state index contributed by atoms with van der Waals surface area (Å²) in [5.74, 6) is -0.921. The third-order valence-corrected chi connectivity index (χ3v) is 2.85. The van der Waals surface area contributed by atoms with E-state index in [9.17, 15) is 4.79 Å². The van der Waals surface area contributed by atoms with Crippen molar-refractivity contribution in [2.75, 3.05) is 0 Å². The van der Waals surface area contributed by atoms with Crippen LogP contribution in [0.3, 0.4) is 0 Å². The number of carboxylic acid groups (broad SMARTS) is 1. The Hall–Kier alpha value is -1.87. The smallest absolute Gasteiger partial charge is 0.328 e. The molecular weight excluding hydrogens is 244 g/mol. The second kappa shape index (κ2) is 7.45. The molecule has 0 saturated carbocycles. The average Bonchev–Trinajstić information content (AvgIpc) is 2.78. The number of allylic oxidation sites excluding steroid dienone is 6. The molecule has 0 saturated heterocycles. The van der Waals surface area contributed by atoms with E-state index in [0.717, 1.165) is 5.57 Å². The van der Waals surface area contributed by atoms with Gasteiger partial charge in [-0.3, -0.25) is 0 Å². The summed E-state index contributed by atoms with van der Waals surface area (Å²) in [6, 6.07) is 2.06. The van der Waals surface area contributed by atoms with E-state index in [4.69, 9.17) is 5.11 Å². The Morgan fingerprint density at radius 1 is 1.28 bits per heavy atom. The van der Waals surface area contributed by atoms with E-state index >= 15 is 0 Å². The summed E-state index contributed by atoms with van der Waals surface area (Å²) < 4.78 is 0. The molecule has 0 bridgehead atoms. The molecule has 1 heterocycles. The van der Waals surface area contributed by atoms with Crippen molar-refractivity contribution in [1.29, 1.82) is 0 Å². The fourth-order valence-corrected chi connectivity index (χ4v) is 1.88. The van der Waals surface area contributed by atoms with Gasteiger partial charge in [0, 0.05) is 6.08 Å². The summed E-state index contributed by atoms with van der Waals surface area (Å²) in [7, 11) is 0. The van der Waals surface area contributed by atoms with Crippen LogP contribution in [-0.2, 0) is 4.79 Å². The van der Waals surface area contributed by atoms with Gasteiger partial charge in [0.25, 0.3) is 0 Å². The molecule has 0 radical (unpaired) electrons. The van der Waals surface area contributed by atoms with E-state index in [0.29, 0.717) is 5.57 Å². The van der Waals surface area contributed by atoms with Gasteiger partial charge in [-0.1, -0.05) is 36.0 Å². The van der Waals surface area contributed by atoms with Crippen LogP contribution >= 0.6 is 11.3 Å². The number of hydrogen-bond acceptors (Lipinski definition) is 2. The van der Waals surface area contributed by atoms with Gasteiger partial charge in [0.05, 0.1) is 0 Å². The Labute approximate surface area is 111 Å². The first-order chi connectivity index (χ1) is 8.58. The van der Waals surface area contributed by atoms with Crippen LogP contribution in [0.15, 0.2) is 58.4 Å². The number of thiophene rings is 1. The van der Waals surface area contributed by atoms with Crippen LogP contribution in [0.1, 0.15) is 19.4 Å². The van der Waals surface area contributed by atoms with Gasteiger partial charge in [0.1, 0.15) is 0 Å². The van der Waals surface area contributed by atoms with Crippen LogP contribution in [0.4, 0.5) is 0 Å². The molecule has 0 aliphatic heterocycles. The van der Waals surface area contributed by atoms with E-state index in [2.05, 4.69) is 17.5 Å². The molecule has 0 fully saturated rings. The van der Waals surface area contributed by atoms with Gasteiger partial charge >= 0.3 is 5.97 Å². The Balaban J connectivity index is 2.57. The van der Waals surface area contributed by atoms with Crippen LogP contribution < -0.4 is 0 Å². The lowest BCUT2D eigenvalue weighted by molar-refractivity contribution is -0.131. The molecule has 3 heteroatoms. The van der Waals surface area contributed by atoms with E-state index in [1.807, 2.05) is 30.5 Å². The van der Waals surface area contributed by atoms with Gasteiger partial charge in [-0.2, -0.15) is 11.3 Å². The first kappa shape index (κ1) is 14.2. The molecule has 0 unspecified atom stereocenters. The maximum Gasteiger partial charge on any atom is 0.328 e. The minimum Gasteiger partial charge on any atom is -0.478 e. The lowest BCUT2D eigenvalue weighted by Gasteiger charge is -1.90. The van der Waals surface area contributed by atoms with Crippen molar-refractivity contribution >= 4 is 23.4 Å². The first-order valence-electron chi connectivity index (χ1n) is 5.54. The maximum atomic E-state index is 10.4. The monoisotopic (exact) mass is 260 g/mol. The third-order valence-electron chi connectivity index (χ3n) is 2.15. The molecule has 0 spiro atoms. The SMILES string of the molecule is CC(C=Cc1ccsc1)=CC=CC(C)=CC(=O)O. The molecule has 1 N–H and O–H groups in total. The number of carbonyl (C=O) groups is 1. The minimum atomic E-state index is -0.921. The molecule has 94 valence electrons. The highest BCUT2D eigenvalue weighted by Gasteiger charge is 1.88. The normalized spacial score (nSPS) is 13.7. The fourth-order valence-electron chi connectivity index (χ4n) is 1.25. The number of hydrogen-bond donors (Lipinski definition) is 1. The Kier molecular flexibility index (Phi) is 5.88. The summed E-state index contributed by atoms with van der Waals surface area (Å²) in [5.41, 5.74) is 3.02. The molecule has 2 nitrogen and oxygen atoms in total. The molecule has 0 aliphatic rings. The van der Waals surface area contributed by atoms with Crippen LogP contribution in [0.2, 0.25) is 0 Å². The summed E-state index contributed by atoms with van der Waals surface area (Å²) in [6.07, 6.45) is 10.8. The zero-order valence-corrected chi connectivity index (χ0v) is 11.3. The molecule has 1 rings (SSSR count). The highest BCUT2D eigenvalue weighted by Crippen LogP contribution is 2.09. The van der Waals surface area contributed by atoms with Crippen LogP contribution in [0, 0.1) is 0 Å². The van der Waals surface area contributed by atoms with E-state index in [1.165, 1.54) is 11.6 Å². The van der Waals surface area contributed by atoms with Gasteiger partial charge in [0.15, 0.2) is 0 Å². The lowest BCUT2D eigenvalue weighted by Crippen LogP contribution is -1.87. The van der Waals surface area contributed by atoms with Crippen molar-refractivity contribution in [3.63, 3.8) is 0 Å². The largest absolute Gasteiger partial charge is 0.478 e. The summed E-state index contributed by atoms with van der Waals surface area (Å²) in [4.78, 5) is 10.4. The summed E-state index contributed by atoms with van der Waals surface area (Å²) >= 11 is 1.67. The predicted molar refractivity (Wildman–Crippen MR) is 77.6 cm³/mol. The second-order valence-electron chi connectivity index (χ2n) is 3.89. The van der Waals surface area contributed by atoms with Crippen molar-refractivity contribution < 1.29 is 9.90 Å². The van der Waals surface area contributed by atoms with Crippen molar-refractivity contribution in [1.82, 2.24) is 0 Å². The molecular formula is C15H16O2S. The lowest BCUT2D eigenvalue weighted by atomic mass is 10.2. The molecule has 1 aromatic rings. The van der Waals surface area contributed by atoms with Crippen LogP contribution in [0.5, 0.6) is 0 Å².